The van der Waals surface area contributed by atoms with Crippen molar-refractivity contribution in [3.63, 3.8) is 0 Å². The van der Waals surface area contributed by atoms with Gasteiger partial charge in [0.1, 0.15) is 36.9 Å². The highest BCUT2D eigenvalue weighted by Crippen LogP contribution is 2.37. The Hall–Kier alpha value is -2.56. The van der Waals surface area contributed by atoms with Crippen LogP contribution in [0.1, 0.15) is 68.1 Å². The van der Waals surface area contributed by atoms with E-state index in [1.807, 2.05) is 0 Å². The van der Waals surface area contributed by atoms with Crippen LogP contribution in [-0.2, 0) is 9.47 Å². The van der Waals surface area contributed by atoms with Crippen molar-refractivity contribution in [1.82, 2.24) is 0 Å². The van der Waals surface area contributed by atoms with Gasteiger partial charge in [-0.15, -0.1) is 0 Å². The number of benzene rings is 2. The first-order valence-corrected chi connectivity index (χ1v) is 12.8. The molecule has 5 rings (SSSR count). The predicted molar refractivity (Wildman–Crippen MR) is 136 cm³/mol. The van der Waals surface area contributed by atoms with E-state index >= 15 is 0 Å². The highest BCUT2D eigenvalue weighted by atomic mass is 16.6. The molecular weight excluding hydrogens is 424 g/mol. The number of ether oxygens (including phenoxy) is 4. The monoisotopic (exact) mass is 460 g/mol. The van der Waals surface area contributed by atoms with E-state index in [4.69, 9.17) is 18.9 Å². The predicted octanol–water partition coefficient (Wildman–Crippen LogP) is 6.66. The van der Waals surface area contributed by atoms with Crippen LogP contribution in [0.4, 0.5) is 0 Å². The van der Waals surface area contributed by atoms with Crippen molar-refractivity contribution in [2.45, 2.75) is 63.6 Å². The molecule has 34 heavy (non-hydrogen) atoms. The van der Waals surface area contributed by atoms with Crippen LogP contribution in [0.15, 0.2) is 60.7 Å². The second-order valence-corrected chi connectivity index (χ2v) is 9.61. The first kappa shape index (κ1) is 23.2. The zero-order valence-corrected chi connectivity index (χ0v) is 20.4. The molecule has 0 aromatic heterocycles. The molecule has 4 heteroatoms. The quantitative estimate of drug-likeness (QED) is 0.332. The van der Waals surface area contributed by atoms with Crippen LogP contribution in [0.5, 0.6) is 11.5 Å². The molecule has 0 bridgehead atoms. The first-order valence-electron chi connectivity index (χ1n) is 12.8. The molecule has 4 unspecified atom stereocenters. The maximum absolute atomic E-state index is 6.17. The molecule has 0 N–H and O–H groups in total. The molecule has 4 atom stereocenters. The summed E-state index contributed by atoms with van der Waals surface area (Å²) in [6.45, 7) is 7.48. The average molecular weight is 461 g/mol. The second kappa shape index (κ2) is 10.8. The van der Waals surface area contributed by atoms with E-state index in [2.05, 4.69) is 74.5 Å². The van der Waals surface area contributed by atoms with Gasteiger partial charge in [0.05, 0.1) is 13.2 Å². The smallest absolute Gasteiger partial charge is 0.122 e. The molecular formula is C30H36O4. The molecule has 2 saturated heterocycles. The van der Waals surface area contributed by atoms with Crippen LogP contribution >= 0.6 is 0 Å². The summed E-state index contributed by atoms with van der Waals surface area (Å²) < 4.78 is 22.5. The Morgan fingerprint density at radius 1 is 0.941 bits per heavy atom. The maximum atomic E-state index is 6.17. The standard InChI is InChI=1S/C30H36O4/c1-3-5-21(4-2)29-16-25(12-15-30(29)34-20-28-19-33-28)24-8-6-22(7-9-24)23-10-13-26(14-11-23)31-17-27-18-32-27/h6,8-16,21-22,27-28H,3-5,7,17-20H2,1-2H3. The summed E-state index contributed by atoms with van der Waals surface area (Å²) in [5, 5.41) is 0. The Bertz CT molecular complexity index is 1010. The van der Waals surface area contributed by atoms with Crippen LogP contribution < -0.4 is 9.47 Å². The average Bonchev–Trinajstić information content (AvgIpc) is 3.81. The molecule has 3 aliphatic rings. The minimum Gasteiger partial charge on any atom is -0.491 e. The molecule has 2 aliphatic heterocycles. The zero-order chi connectivity index (χ0) is 23.3. The minimum absolute atomic E-state index is 0.271. The number of allylic oxidation sites excluding steroid dienone is 4. The van der Waals surface area contributed by atoms with Gasteiger partial charge in [-0.25, -0.2) is 0 Å². The Morgan fingerprint density at radius 2 is 1.68 bits per heavy atom. The van der Waals surface area contributed by atoms with Gasteiger partial charge in [-0.2, -0.15) is 0 Å². The molecule has 0 spiro atoms. The molecule has 180 valence electrons. The number of rotatable bonds is 12. The van der Waals surface area contributed by atoms with Crippen LogP contribution in [0.25, 0.3) is 5.57 Å². The van der Waals surface area contributed by atoms with Gasteiger partial charge in [-0.3, -0.25) is 0 Å². The van der Waals surface area contributed by atoms with E-state index in [1.165, 1.54) is 35.1 Å². The van der Waals surface area contributed by atoms with Gasteiger partial charge in [0.2, 0.25) is 0 Å². The van der Waals surface area contributed by atoms with Crippen molar-refractivity contribution < 1.29 is 18.9 Å². The molecule has 0 amide bonds. The third kappa shape index (κ3) is 5.92. The van der Waals surface area contributed by atoms with Crippen LogP contribution in [0.2, 0.25) is 0 Å². The summed E-state index contributed by atoms with van der Waals surface area (Å²) in [6.07, 6.45) is 12.0. The van der Waals surface area contributed by atoms with Crippen LogP contribution in [-0.4, -0.2) is 38.6 Å². The number of hydrogen-bond acceptors (Lipinski definition) is 4. The van der Waals surface area contributed by atoms with Gasteiger partial charge in [-0.1, -0.05) is 56.7 Å². The van der Waals surface area contributed by atoms with Gasteiger partial charge < -0.3 is 18.9 Å². The molecule has 2 heterocycles. The van der Waals surface area contributed by atoms with E-state index in [1.54, 1.807) is 0 Å². The Balaban J connectivity index is 1.27. The van der Waals surface area contributed by atoms with Crippen molar-refractivity contribution in [2.75, 3.05) is 26.4 Å². The van der Waals surface area contributed by atoms with Crippen molar-refractivity contribution >= 4 is 5.57 Å². The Morgan fingerprint density at radius 3 is 2.29 bits per heavy atom. The fourth-order valence-electron chi connectivity index (χ4n) is 4.70. The second-order valence-electron chi connectivity index (χ2n) is 9.61. The maximum Gasteiger partial charge on any atom is 0.122 e. The Kier molecular flexibility index (Phi) is 7.36. The molecule has 2 aromatic carbocycles. The van der Waals surface area contributed by atoms with Crippen LogP contribution in [0, 0.1) is 0 Å². The molecule has 0 radical (unpaired) electrons. The van der Waals surface area contributed by atoms with Gasteiger partial charge in [0.25, 0.3) is 0 Å². The van der Waals surface area contributed by atoms with E-state index in [0.29, 0.717) is 25.0 Å². The van der Waals surface area contributed by atoms with E-state index in [9.17, 15) is 0 Å². The first-order chi connectivity index (χ1) is 16.7. The molecule has 2 aromatic rings. The van der Waals surface area contributed by atoms with Gasteiger partial charge in [0.15, 0.2) is 0 Å². The summed E-state index contributed by atoms with van der Waals surface area (Å²) in [6, 6.07) is 15.2. The van der Waals surface area contributed by atoms with Gasteiger partial charge in [0, 0.05) is 5.92 Å². The summed E-state index contributed by atoms with van der Waals surface area (Å²) in [4.78, 5) is 0. The summed E-state index contributed by atoms with van der Waals surface area (Å²) >= 11 is 0. The molecule has 2 fully saturated rings. The third-order valence-corrected chi connectivity index (χ3v) is 6.99. The minimum atomic E-state index is 0.271. The van der Waals surface area contributed by atoms with Crippen molar-refractivity contribution in [3.8, 4) is 11.5 Å². The van der Waals surface area contributed by atoms with Crippen LogP contribution in [0.3, 0.4) is 0 Å². The van der Waals surface area contributed by atoms with Crippen molar-refractivity contribution in [3.05, 3.63) is 77.4 Å². The highest BCUT2D eigenvalue weighted by Gasteiger charge is 2.25. The normalized spacial score (nSPS) is 23.8. The summed E-state index contributed by atoms with van der Waals surface area (Å²) in [7, 11) is 0. The lowest BCUT2D eigenvalue weighted by Crippen LogP contribution is -2.08. The molecule has 1 aliphatic carbocycles. The van der Waals surface area contributed by atoms with Crippen molar-refractivity contribution in [2.24, 2.45) is 0 Å². The molecule has 0 saturated carbocycles. The van der Waals surface area contributed by atoms with Gasteiger partial charge in [-0.05, 0) is 71.7 Å². The topological polar surface area (TPSA) is 43.5 Å². The largest absolute Gasteiger partial charge is 0.491 e. The molecule has 4 nitrogen and oxygen atoms in total. The number of epoxide rings is 2. The zero-order valence-electron chi connectivity index (χ0n) is 20.4. The fourth-order valence-corrected chi connectivity index (χ4v) is 4.70. The van der Waals surface area contributed by atoms with E-state index in [0.717, 1.165) is 37.6 Å². The number of hydrogen-bond donors (Lipinski definition) is 0. The summed E-state index contributed by atoms with van der Waals surface area (Å²) in [5.74, 6) is 2.85. The lowest BCUT2D eigenvalue weighted by molar-refractivity contribution is 0.259. The summed E-state index contributed by atoms with van der Waals surface area (Å²) in [5.41, 5.74) is 5.24. The van der Waals surface area contributed by atoms with Gasteiger partial charge >= 0.3 is 0 Å². The fraction of sp³-hybridized carbons (Fsp3) is 0.467. The third-order valence-electron chi connectivity index (χ3n) is 6.99. The lowest BCUT2D eigenvalue weighted by Gasteiger charge is -2.22. The van der Waals surface area contributed by atoms with Crippen molar-refractivity contribution in [1.29, 1.82) is 0 Å². The Labute approximate surface area is 203 Å². The van der Waals surface area contributed by atoms with E-state index < -0.39 is 0 Å². The highest BCUT2D eigenvalue weighted by molar-refractivity contribution is 5.76. The van der Waals surface area contributed by atoms with E-state index in [-0.39, 0.29) is 12.2 Å². The lowest BCUT2D eigenvalue weighted by atomic mass is 9.86. The SMILES string of the molecule is CCCC(CC)c1cc(C2=CCC(c3ccc(OCC4CO4)cc3)C=C2)ccc1OCC1CO1.